The molecule has 4 rings (SSSR count). The molecular formula is C25H39Cl2N5O2S. The van der Waals surface area contributed by atoms with Gasteiger partial charge in [0.25, 0.3) is 0 Å². The number of hydrogen-bond donors (Lipinski definition) is 4. The molecule has 10 heteroatoms. The van der Waals surface area contributed by atoms with Crippen molar-refractivity contribution >= 4 is 59.6 Å². The van der Waals surface area contributed by atoms with Crippen LogP contribution in [-0.2, 0) is 16.1 Å². The number of hydrogen-bond acceptors (Lipinski definition) is 4. The van der Waals surface area contributed by atoms with E-state index >= 15 is 0 Å². The predicted octanol–water partition coefficient (Wildman–Crippen LogP) is 3.74. The van der Waals surface area contributed by atoms with Crippen LogP contribution in [0.15, 0.2) is 24.3 Å². The first kappa shape index (κ1) is 29.6. The maximum atomic E-state index is 13.6. The third kappa shape index (κ3) is 6.79. The van der Waals surface area contributed by atoms with E-state index in [1.807, 2.05) is 36.2 Å². The van der Waals surface area contributed by atoms with Crippen LogP contribution in [0.3, 0.4) is 0 Å². The highest BCUT2D eigenvalue weighted by Crippen LogP contribution is 2.54. The number of likely N-dealkylation sites (N-methyl/N-ethyl adjacent to an activating group) is 1. The quantitative estimate of drug-likeness (QED) is 0.372. The first-order valence-electron chi connectivity index (χ1n) is 12.4. The normalized spacial score (nSPS) is 24.1. The van der Waals surface area contributed by atoms with Gasteiger partial charge in [-0.15, -0.1) is 24.8 Å². The number of carbonyl (C=O) groups is 2. The Morgan fingerprint density at radius 2 is 1.80 bits per heavy atom. The molecule has 3 atom stereocenters. The maximum absolute atomic E-state index is 13.6. The fourth-order valence-electron chi connectivity index (χ4n) is 5.86. The van der Waals surface area contributed by atoms with Crippen molar-refractivity contribution in [1.82, 2.24) is 15.5 Å². The Morgan fingerprint density at radius 3 is 2.43 bits per heavy atom. The van der Waals surface area contributed by atoms with Crippen LogP contribution in [0.4, 0.5) is 5.69 Å². The summed E-state index contributed by atoms with van der Waals surface area (Å²) in [7, 11) is 1.88. The molecule has 2 amide bonds. The van der Waals surface area contributed by atoms with Crippen LogP contribution < -0.4 is 21.7 Å². The summed E-state index contributed by atoms with van der Waals surface area (Å²) >= 11 is 4.86. The highest BCUT2D eigenvalue weighted by atomic mass is 35.5. The van der Waals surface area contributed by atoms with Crippen molar-refractivity contribution in [2.45, 2.75) is 75.9 Å². The van der Waals surface area contributed by atoms with Crippen LogP contribution in [0.5, 0.6) is 0 Å². The molecule has 0 unspecified atom stereocenters. The van der Waals surface area contributed by atoms with Crippen LogP contribution >= 0.6 is 37.0 Å². The lowest BCUT2D eigenvalue weighted by atomic mass is 9.84. The number of piperidine rings is 1. The minimum atomic E-state index is -0.662. The number of thiocarbonyl (C=S) groups is 1. The van der Waals surface area contributed by atoms with Gasteiger partial charge in [-0.05, 0) is 74.5 Å². The van der Waals surface area contributed by atoms with Crippen molar-refractivity contribution in [3.8, 4) is 0 Å². The van der Waals surface area contributed by atoms with E-state index in [-0.39, 0.29) is 53.7 Å². The average Bonchev–Trinajstić information content (AvgIpc) is 3.58. The smallest absolute Gasteiger partial charge is 0.246 e. The summed E-state index contributed by atoms with van der Waals surface area (Å²) in [6.45, 7) is 1.10. The highest BCUT2D eigenvalue weighted by molar-refractivity contribution is 7.80. The van der Waals surface area contributed by atoms with E-state index < -0.39 is 5.54 Å². The molecule has 1 aliphatic heterocycles. The summed E-state index contributed by atoms with van der Waals surface area (Å²) in [5.74, 6) is 0.974. The second kappa shape index (κ2) is 13.1. The number of benzene rings is 1. The number of anilines is 1. The number of nitrogens with one attached hydrogen (secondary N) is 3. The minimum Gasteiger partial charge on any atom is -0.376 e. The third-order valence-corrected chi connectivity index (χ3v) is 7.86. The number of rotatable bonds is 8. The van der Waals surface area contributed by atoms with Crippen LogP contribution in [-0.4, -0.2) is 47.0 Å². The molecular weight excluding hydrogens is 505 g/mol. The van der Waals surface area contributed by atoms with Crippen LogP contribution in [0.25, 0.3) is 0 Å². The molecule has 0 radical (unpaired) electrons. The molecule has 2 aliphatic carbocycles. The van der Waals surface area contributed by atoms with Gasteiger partial charge < -0.3 is 26.6 Å². The number of halogens is 2. The fourth-order valence-corrected chi connectivity index (χ4v) is 5.98. The summed E-state index contributed by atoms with van der Waals surface area (Å²) < 4.78 is 0. The van der Waals surface area contributed by atoms with Gasteiger partial charge in [0.1, 0.15) is 5.54 Å². The van der Waals surface area contributed by atoms with E-state index in [4.69, 9.17) is 18.0 Å². The molecule has 1 aromatic carbocycles. The van der Waals surface area contributed by atoms with E-state index in [0.29, 0.717) is 19.0 Å². The van der Waals surface area contributed by atoms with E-state index in [9.17, 15) is 9.59 Å². The lowest BCUT2D eigenvalue weighted by Gasteiger charge is -2.38. The van der Waals surface area contributed by atoms with Gasteiger partial charge >= 0.3 is 0 Å². The Hall–Kier alpha value is -1.61. The minimum absolute atomic E-state index is 0. The molecule has 1 aromatic rings. The highest BCUT2D eigenvalue weighted by Gasteiger charge is 2.66. The summed E-state index contributed by atoms with van der Waals surface area (Å²) in [6.07, 6.45) is 9.92. The van der Waals surface area contributed by atoms with Gasteiger partial charge in [-0.2, -0.15) is 0 Å². The van der Waals surface area contributed by atoms with Crippen LogP contribution in [0, 0.1) is 11.8 Å². The zero-order chi connectivity index (χ0) is 23.4. The summed E-state index contributed by atoms with van der Waals surface area (Å²) in [5, 5.41) is 9.50. The molecule has 7 nitrogen and oxygen atoms in total. The average molecular weight is 545 g/mol. The molecule has 0 aromatic heterocycles. The molecule has 0 bridgehead atoms. The number of likely N-dealkylation sites (tertiary alicyclic amines) is 1. The van der Waals surface area contributed by atoms with E-state index in [2.05, 4.69) is 16.0 Å². The first-order valence-corrected chi connectivity index (χ1v) is 12.8. The van der Waals surface area contributed by atoms with E-state index in [1.54, 1.807) is 0 Å². The number of nitrogens with two attached hydrogens (primary N) is 1. The van der Waals surface area contributed by atoms with Crippen LogP contribution in [0.1, 0.15) is 63.4 Å². The molecule has 196 valence electrons. The van der Waals surface area contributed by atoms with Gasteiger partial charge in [0.05, 0.1) is 6.04 Å². The topological polar surface area (TPSA) is 99.5 Å². The molecule has 2 saturated carbocycles. The summed E-state index contributed by atoms with van der Waals surface area (Å²) in [4.78, 5) is 28.9. The van der Waals surface area contributed by atoms with Crippen molar-refractivity contribution in [1.29, 1.82) is 0 Å². The number of nitrogens with zero attached hydrogens (tertiary/aromatic N) is 1. The van der Waals surface area contributed by atoms with E-state index in [0.717, 1.165) is 36.9 Å². The largest absolute Gasteiger partial charge is 0.376 e. The van der Waals surface area contributed by atoms with Crippen LogP contribution in [0.2, 0.25) is 0 Å². The molecule has 35 heavy (non-hydrogen) atoms. The molecule has 0 spiro atoms. The summed E-state index contributed by atoms with van der Waals surface area (Å²) in [5.41, 5.74) is 6.66. The molecule has 5 N–H and O–H groups in total. The number of fused-ring (bicyclic) bond motifs is 1. The van der Waals surface area contributed by atoms with Gasteiger partial charge in [0.15, 0.2) is 5.11 Å². The number of carbonyl (C=O) groups excluding carboxylic acids is 2. The molecule has 3 aliphatic rings. The second-order valence-electron chi connectivity index (χ2n) is 9.91. The van der Waals surface area contributed by atoms with Crippen molar-refractivity contribution in [3.05, 3.63) is 29.8 Å². The third-order valence-electron chi connectivity index (χ3n) is 7.76. The molecule has 1 heterocycles. The maximum Gasteiger partial charge on any atom is 0.246 e. The Morgan fingerprint density at radius 1 is 1.11 bits per heavy atom. The molecule has 1 saturated heterocycles. The van der Waals surface area contributed by atoms with Gasteiger partial charge in [-0.25, -0.2) is 0 Å². The Bertz CT molecular complexity index is 881. The Kier molecular flexibility index (Phi) is 11.1. The van der Waals surface area contributed by atoms with Gasteiger partial charge in [0, 0.05) is 18.8 Å². The number of amides is 2. The molecule has 3 fully saturated rings. The zero-order valence-corrected chi connectivity index (χ0v) is 22.8. The predicted molar refractivity (Wildman–Crippen MR) is 149 cm³/mol. The first-order chi connectivity index (χ1) is 15.9. The standard InChI is InChI=1S/C25H37N5O2S.2ClH/c1-27-21(14-17-6-3-2-4-7-17)22(31)30-13-5-8-19-15-25(19,30)23(32)28-16-18-9-11-20(12-10-18)29-24(26)33;;/h9-12,17,19,21,27H,2-8,13-16H2,1H3,(H,28,32)(H3,26,29,33);2*1H/t19-,21-,25+;;/m1../s1. The van der Waals surface area contributed by atoms with Gasteiger partial charge in [-0.1, -0.05) is 44.2 Å². The van der Waals surface area contributed by atoms with Crippen molar-refractivity contribution in [2.75, 3.05) is 18.9 Å². The van der Waals surface area contributed by atoms with Gasteiger partial charge in [0.2, 0.25) is 11.8 Å². The Labute approximate surface area is 226 Å². The lowest BCUT2D eigenvalue weighted by Crippen LogP contribution is -2.59. The summed E-state index contributed by atoms with van der Waals surface area (Å²) in [6, 6.07) is 7.45. The van der Waals surface area contributed by atoms with Crippen molar-refractivity contribution in [3.63, 3.8) is 0 Å². The van der Waals surface area contributed by atoms with Crippen molar-refractivity contribution < 1.29 is 9.59 Å². The fraction of sp³-hybridized carbons (Fsp3) is 0.640. The van der Waals surface area contributed by atoms with Gasteiger partial charge in [-0.3, -0.25) is 9.59 Å². The SMILES string of the molecule is CN[C@H](CC1CCCCC1)C(=O)N1CCC[C@@H]2C[C@@]21C(=O)NCc1ccc(NC(N)=S)cc1.Cl.Cl. The monoisotopic (exact) mass is 543 g/mol. The van der Waals surface area contributed by atoms with E-state index in [1.165, 1.54) is 32.1 Å². The van der Waals surface area contributed by atoms with Crippen molar-refractivity contribution in [2.24, 2.45) is 17.6 Å². The second-order valence-corrected chi connectivity index (χ2v) is 10.3. The zero-order valence-electron chi connectivity index (χ0n) is 20.4. The Balaban J connectivity index is 0.00000216. The lowest BCUT2D eigenvalue weighted by molar-refractivity contribution is -0.146.